The number of benzene rings is 2. The Kier molecular flexibility index (Phi) is 4.88. The minimum Gasteiger partial charge on any atom is -0.319 e. The highest BCUT2D eigenvalue weighted by molar-refractivity contribution is 6.37. The maximum absolute atomic E-state index is 12.3. The van der Waals surface area contributed by atoms with E-state index in [2.05, 4.69) is 29.5 Å². The van der Waals surface area contributed by atoms with E-state index >= 15 is 0 Å². The van der Waals surface area contributed by atoms with Crippen molar-refractivity contribution in [2.45, 2.75) is 13.5 Å². The van der Waals surface area contributed by atoms with Crippen LogP contribution in [0, 0.1) is 6.92 Å². The monoisotopic (exact) mass is 359 g/mol. The zero-order chi connectivity index (χ0) is 17.1. The molecule has 0 atom stereocenters. The molecule has 0 unspecified atom stereocenters. The second-order valence-electron chi connectivity index (χ2n) is 5.43. The average molecular weight is 360 g/mol. The number of carbonyl (C=O) groups excluding carboxylic acids is 1. The molecule has 0 aliphatic carbocycles. The van der Waals surface area contributed by atoms with Crippen LogP contribution in [0.15, 0.2) is 54.9 Å². The van der Waals surface area contributed by atoms with Crippen molar-refractivity contribution in [3.8, 4) is 0 Å². The van der Waals surface area contributed by atoms with E-state index in [0.29, 0.717) is 27.8 Å². The molecule has 0 aliphatic rings. The number of rotatable bonds is 4. The Morgan fingerprint density at radius 2 is 2.00 bits per heavy atom. The molecule has 0 aliphatic heterocycles. The minimum atomic E-state index is -0.299. The minimum absolute atomic E-state index is 0.299. The van der Waals surface area contributed by atoms with E-state index in [0.717, 1.165) is 0 Å². The normalized spacial score (nSPS) is 10.6. The van der Waals surface area contributed by atoms with Crippen LogP contribution in [0.2, 0.25) is 10.0 Å². The van der Waals surface area contributed by atoms with Gasteiger partial charge in [-0.05, 0) is 36.2 Å². The van der Waals surface area contributed by atoms with Crippen molar-refractivity contribution in [3.05, 3.63) is 81.6 Å². The van der Waals surface area contributed by atoms with E-state index < -0.39 is 0 Å². The van der Waals surface area contributed by atoms with Gasteiger partial charge in [0.25, 0.3) is 5.91 Å². The van der Waals surface area contributed by atoms with Crippen LogP contribution < -0.4 is 5.32 Å². The highest BCUT2D eigenvalue weighted by Gasteiger charge is 2.12. The molecule has 122 valence electrons. The van der Waals surface area contributed by atoms with Gasteiger partial charge in [0.2, 0.25) is 0 Å². The molecule has 1 heterocycles. The third-order valence-corrected chi connectivity index (χ3v) is 4.21. The molecule has 0 spiro atoms. The molecule has 0 saturated carbocycles. The Balaban J connectivity index is 1.72. The van der Waals surface area contributed by atoms with E-state index in [9.17, 15) is 4.79 Å². The Bertz CT molecular complexity index is 889. The first-order valence-corrected chi connectivity index (χ1v) is 8.12. The van der Waals surface area contributed by atoms with Crippen molar-refractivity contribution < 1.29 is 4.79 Å². The van der Waals surface area contributed by atoms with Gasteiger partial charge >= 0.3 is 0 Å². The zero-order valence-corrected chi connectivity index (χ0v) is 14.5. The zero-order valence-electron chi connectivity index (χ0n) is 13.0. The fourth-order valence-electron chi connectivity index (χ4n) is 2.35. The summed E-state index contributed by atoms with van der Waals surface area (Å²) in [6, 6.07) is 12.9. The van der Waals surface area contributed by atoms with Crippen LogP contribution in [-0.2, 0) is 6.54 Å². The van der Waals surface area contributed by atoms with Gasteiger partial charge in [0.1, 0.15) is 0 Å². The lowest BCUT2D eigenvalue weighted by molar-refractivity contribution is 0.102. The topological polar surface area (TPSA) is 46.9 Å². The number of carbonyl (C=O) groups is 1. The Morgan fingerprint density at radius 3 is 2.75 bits per heavy atom. The number of aryl methyl sites for hydroxylation is 1. The summed E-state index contributed by atoms with van der Waals surface area (Å²) < 4.78 is 1.78. The first kappa shape index (κ1) is 16.6. The highest BCUT2D eigenvalue weighted by atomic mass is 35.5. The lowest BCUT2D eigenvalue weighted by atomic mass is 10.1. The van der Waals surface area contributed by atoms with E-state index in [1.165, 1.54) is 11.1 Å². The molecule has 3 aromatic rings. The molecule has 0 bridgehead atoms. The highest BCUT2D eigenvalue weighted by Crippen LogP contribution is 2.22. The number of aromatic nitrogens is 2. The summed E-state index contributed by atoms with van der Waals surface area (Å²) in [7, 11) is 0. The SMILES string of the molecule is Cc1ccccc1Cn1cc(NC(=O)c2ccc(Cl)cc2Cl)cn1. The second kappa shape index (κ2) is 7.07. The molecule has 6 heteroatoms. The molecule has 1 amide bonds. The van der Waals surface area contributed by atoms with Crippen molar-refractivity contribution >= 4 is 34.8 Å². The number of amides is 1. The van der Waals surface area contributed by atoms with Crippen molar-refractivity contribution in [3.63, 3.8) is 0 Å². The van der Waals surface area contributed by atoms with Crippen molar-refractivity contribution in [1.29, 1.82) is 0 Å². The summed E-state index contributed by atoms with van der Waals surface area (Å²) >= 11 is 11.9. The van der Waals surface area contributed by atoms with Gasteiger partial charge in [-0.15, -0.1) is 0 Å². The van der Waals surface area contributed by atoms with Gasteiger partial charge in [-0.2, -0.15) is 5.10 Å². The fraction of sp³-hybridized carbons (Fsp3) is 0.111. The number of hydrogen-bond acceptors (Lipinski definition) is 2. The maximum atomic E-state index is 12.3. The van der Waals surface area contributed by atoms with Gasteiger partial charge in [-0.25, -0.2) is 0 Å². The Morgan fingerprint density at radius 1 is 1.21 bits per heavy atom. The van der Waals surface area contributed by atoms with Crippen LogP contribution in [0.25, 0.3) is 0 Å². The van der Waals surface area contributed by atoms with E-state index in [4.69, 9.17) is 23.2 Å². The predicted molar refractivity (Wildman–Crippen MR) is 96.9 cm³/mol. The second-order valence-corrected chi connectivity index (χ2v) is 6.28. The number of halogens is 2. The Hall–Kier alpha value is -2.30. The van der Waals surface area contributed by atoms with E-state index in [1.54, 1.807) is 35.3 Å². The van der Waals surface area contributed by atoms with Crippen LogP contribution in [0.3, 0.4) is 0 Å². The smallest absolute Gasteiger partial charge is 0.257 e. The summed E-state index contributed by atoms with van der Waals surface area (Å²) in [6.07, 6.45) is 3.40. The van der Waals surface area contributed by atoms with Gasteiger partial charge in [0, 0.05) is 11.2 Å². The van der Waals surface area contributed by atoms with Gasteiger partial charge in [0.15, 0.2) is 0 Å². The molecule has 0 saturated heterocycles. The Labute approximate surface area is 150 Å². The molecule has 4 nitrogen and oxygen atoms in total. The molecule has 2 aromatic carbocycles. The number of hydrogen-bond donors (Lipinski definition) is 1. The summed E-state index contributed by atoms with van der Waals surface area (Å²) in [6.45, 7) is 2.70. The molecule has 0 fully saturated rings. The number of nitrogens with one attached hydrogen (secondary N) is 1. The fourth-order valence-corrected chi connectivity index (χ4v) is 2.84. The van der Waals surface area contributed by atoms with Crippen LogP contribution in [0.4, 0.5) is 5.69 Å². The van der Waals surface area contributed by atoms with Crippen LogP contribution >= 0.6 is 23.2 Å². The molecule has 0 radical (unpaired) electrons. The number of anilines is 1. The largest absolute Gasteiger partial charge is 0.319 e. The van der Waals surface area contributed by atoms with Gasteiger partial charge in [-0.3, -0.25) is 9.48 Å². The van der Waals surface area contributed by atoms with Crippen molar-refractivity contribution in [1.82, 2.24) is 9.78 Å². The summed E-state index contributed by atoms with van der Waals surface area (Å²) in [5, 5.41) is 7.87. The first-order chi connectivity index (χ1) is 11.5. The van der Waals surface area contributed by atoms with E-state index in [-0.39, 0.29) is 5.91 Å². The molecule has 24 heavy (non-hydrogen) atoms. The third-order valence-electron chi connectivity index (χ3n) is 3.66. The lowest BCUT2D eigenvalue weighted by Gasteiger charge is -2.06. The summed E-state index contributed by atoms with van der Waals surface area (Å²) in [5.41, 5.74) is 3.36. The van der Waals surface area contributed by atoms with Gasteiger partial charge in [0.05, 0.1) is 29.0 Å². The summed E-state index contributed by atoms with van der Waals surface area (Å²) in [4.78, 5) is 12.3. The molecular formula is C18H15Cl2N3O. The van der Waals surface area contributed by atoms with Crippen molar-refractivity contribution in [2.75, 3.05) is 5.32 Å². The van der Waals surface area contributed by atoms with Crippen LogP contribution in [0.1, 0.15) is 21.5 Å². The van der Waals surface area contributed by atoms with Crippen LogP contribution in [0.5, 0.6) is 0 Å². The molecule has 3 rings (SSSR count). The summed E-state index contributed by atoms with van der Waals surface area (Å²) in [5.74, 6) is -0.299. The quantitative estimate of drug-likeness (QED) is 0.727. The van der Waals surface area contributed by atoms with E-state index in [1.807, 2.05) is 12.1 Å². The third kappa shape index (κ3) is 3.78. The molecular weight excluding hydrogens is 345 g/mol. The molecule has 1 N–H and O–H groups in total. The predicted octanol–water partition coefficient (Wildman–Crippen LogP) is 4.80. The average Bonchev–Trinajstić information content (AvgIpc) is 2.96. The lowest BCUT2D eigenvalue weighted by Crippen LogP contribution is -2.12. The van der Waals surface area contributed by atoms with Crippen LogP contribution in [-0.4, -0.2) is 15.7 Å². The molecule has 1 aromatic heterocycles. The standard InChI is InChI=1S/C18H15Cl2N3O/c1-12-4-2-3-5-13(12)10-23-11-15(9-21-23)22-18(24)16-7-6-14(19)8-17(16)20/h2-9,11H,10H2,1H3,(H,22,24). The van der Waals surface area contributed by atoms with Gasteiger partial charge in [-0.1, -0.05) is 47.5 Å². The first-order valence-electron chi connectivity index (χ1n) is 7.36. The van der Waals surface area contributed by atoms with Gasteiger partial charge < -0.3 is 5.32 Å². The van der Waals surface area contributed by atoms with Crippen molar-refractivity contribution in [2.24, 2.45) is 0 Å². The number of nitrogens with zero attached hydrogens (tertiary/aromatic N) is 2. The maximum Gasteiger partial charge on any atom is 0.257 e.